The van der Waals surface area contributed by atoms with Crippen LogP contribution in [0.25, 0.3) is 0 Å². The van der Waals surface area contributed by atoms with E-state index in [-0.39, 0.29) is 19.0 Å². The number of sulfonamides is 1. The van der Waals surface area contributed by atoms with Crippen molar-refractivity contribution < 1.29 is 13.2 Å². The Kier molecular flexibility index (Phi) is 6.48. The highest BCUT2D eigenvalue weighted by atomic mass is 35.5. The first-order valence-corrected chi connectivity index (χ1v) is 8.99. The van der Waals surface area contributed by atoms with Crippen LogP contribution in [-0.4, -0.2) is 33.7 Å². The Morgan fingerprint density at radius 3 is 2.62 bits per heavy atom. The van der Waals surface area contributed by atoms with E-state index in [0.717, 1.165) is 18.2 Å². The smallest absolute Gasteiger partial charge is 0.232 e. The molecule has 0 aliphatic rings. The van der Waals surface area contributed by atoms with Crippen molar-refractivity contribution in [2.75, 3.05) is 23.7 Å². The van der Waals surface area contributed by atoms with Gasteiger partial charge in [0.15, 0.2) is 0 Å². The summed E-state index contributed by atoms with van der Waals surface area (Å²) in [5, 5.41) is 3.18. The van der Waals surface area contributed by atoms with Gasteiger partial charge < -0.3 is 5.32 Å². The molecule has 0 spiro atoms. The molecule has 0 aliphatic heterocycles. The molecule has 1 aromatic rings. The summed E-state index contributed by atoms with van der Waals surface area (Å²) in [6.45, 7) is 4.17. The molecule has 1 rings (SSSR count). The summed E-state index contributed by atoms with van der Waals surface area (Å²) in [5.41, 5.74) is 1.35. The van der Waals surface area contributed by atoms with Crippen molar-refractivity contribution in [3.8, 4) is 0 Å². The van der Waals surface area contributed by atoms with E-state index in [2.05, 4.69) is 5.32 Å². The van der Waals surface area contributed by atoms with Crippen LogP contribution in [0.15, 0.2) is 18.2 Å². The molecule has 0 heterocycles. The van der Waals surface area contributed by atoms with E-state index in [1.165, 1.54) is 4.31 Å². The molecular formula is C14H21ClN2O3S. The molecule has 0 fully saturated rings. The first-order chi connectivity index (χ1) is 9.75. The predicted molar refractivity (Wildman–Crippen MR) is 86.3 cm³/mol. The van der Waals surface area contributed by atoms with Gasteiger partial charge in [0.05, 0.1) is 18.5 Å². The molecule has 0 unspecified atom stereocenters. The summed E-state index contributed by atoms with van der Waals surface area (Å²) < 4.78 is 25.2. The van der Waals surface area contributed by atoms with Crippen LogP contribution in [-0.2, 0) is 14.8 Å². The summed E-state index contributed by atoms with van der Waals surface area (Å²) in [6.07, 6.45) is 2.34. The van der Waals surface area contributed by atoms with Crippen LogP contribution in [0.1, 0.15) is 25.3 Å². The number of rotatable bonds is 7. The minimum absolute atomic E-state index is 0.0752. The maximum absolute atomic E-state index is 12.0. The number of hydrogen-bond donors (Lipinski definition) is 1. The molecule has 0 saturated carbocycles. The minimum atomic E-state index is -3.44. The second-order valence-corrected chi connectivity index (χ2v) is 7.21. The van der Waals surface area contributed by atoms with Gasteiger partial charge in [-0.15, -0.1) is 0 Å². The van der Waals surface area contributed by atoms with Gasteiger partial charge in [0, 0.05) is 18.0 Å². The number of anilines is 1. The Balaban J connectivity index is 2.88. The van der Waals surface area contributed by atoms with Crippen molar-refractivity contribution in [3.63, 3.8) is 0 Å². The topological polar surface area (TPSA) is 66.5 Å². The third-order valence-corrected chi connectivity index (χ3v) is 4.37. The van der Waals surface area contributed by atoms with Gasteiger partial charge in [0.2, 0.25) is 15.9 Å². The molecule has 1 N–H and O–H groups in total. The molecule has 5 nitrogen and oxygen atoms in total. The van der Waals surface area contributed by atoms with E-state index in [1.807, 2.05) is 13.8 Å². The van der Waals surface area contributed by atoms with Gasteiger partial charge >= 0.3 is 0 Å². The number of carbonyl (C=O) groups excluding carboxylic acids is 1. The first kappa shape index (κ1) is 17.8. The Hall–Kier alpha value is -1.27. The third-order valence-electron chi connectivity index (χ3n) is 2.95. The second kappa shape index (κ2) is 7.66. The van der Waals surface area contributed by atoms with E-state index in [9.17, 15) is 13.2 Å². The van der Waals surface area contributed by atoms with Crippen LogP contribution in [0.4, 0.5) is 5.69 Å². The molecule has 21 heavy (non-hydrogen) atoms. The maximum Gasteiger partial charge on any atom is 0.232 e. The lowest BCUT2D eigenvalue weighted by molar-refractivity contribution is -0.121. The standard InChI is InChI=1S/C14H21ClN2O3S/c1-4-5-14(18)16-8-9-17(21(3,19)20)13-10-12(15)7-6-11(13)2/h6-7,10H,4-5,8-9H2,1-3H3,(H,16,18). The lowest BCUT2D eigenvalue weighted by Crippen LogP contribution is -2.38. The van der Waals surface area contributed by atoms with Crippen LogP contribution in [0.3, 0.4) is 0 Å². The number of aryl methyl sites for hydroxylation is 1. The number of nitrogens with one attached hydrogen (secondary N) is 1. The summed E-state index contributed by atoms with van der Waals surface area (Å²) >= 11 is 5.95. The Bertz CT molecular complexity index is 602. The molecule has 0 aromatic heterocycles. The lowest BCUT2D eigenvalue weighted by atomic mass is 10.2. The lowest BCUT2D eigenvalue weighted by Gasteiger charge is -2.24. The van der Waals surface area contributed by atoms with Crippen LogP contribution >= 0.6 is 11.6 Å². The van der Waals surface area contributed by atoms with Crippen molar-refractivity contribution >= 4 is 33.2 Å². The van der Waals surface area contributed by atoms with E-state index < -0.39 is 10.0 Å². The molecule has 0 radical (unpaired) electrons. The van der Waals surface area contributed by atoms with Crippen molar-refractivity contribution in [2.24, 2.45) is 0 Å². The minimum Gasteiger partial charge on any atom is -0.354 e. The van der Waals surface area contributed by atoms with Crippen molar-refractivity contribution in [1.29, 1.82) is 0 Å². The maximum atomic E-state index is 12.0. The number of carbonyl (C=O) groups is 1. The monoisotopic (exact) mass is 332 g/mol. The Labute approximate surface area is 131 Å². The third kappa shape index (κ3) is 5.55. The van der Waals surface area contributed by atoms with Crippen molar-refractivity contribution in [1.82, 2.24) is 5.32 Å². The molecular weight excluding hydrogens is 312 g/mol. The molecule has 7 heteroatoms. The van der Waals surface area contributed by atoms with E-state index >= 15 is 0 Å². The first-order valence-electron chi connectivity index (χ1n) is 6.76. The van der Waals surface area contributed by atoms with Gasteiger partial charge in [-0.05, 0) is 31.0 Å². The Morgan fingerprint density at radius 2 is 2.05 bits per heavy atom. The zero-order chi connectivity index (χ0) is 16.0. The Morgan fingerprint density at radius 1 is 1.38 bits per heavy atom. The average Bonchev–Trinajstić information content (AvgIpc) is 2.37. The SMILES string of the molecule is CCCC(=O)NCCN(c1cc(Cl)ccc1C)S(C)(=O)=O. The van der Waals surface area contributed by atoms with E-state index in [0.29, 0.717) is 17.1 Å². The summed E-state index contributed by atoms with van der Waals surface area (Å²) in [5.74, 6) is -0.0752. The fraction of sp³-hybridized carbons (Fsp3) is 0.500. The number of hydrogen-bond acceptors (Lipinski definition) is 3. The van der Waals surface area contributed by atoms with Gasteiger partial charge in [-0.2, -0.15) is 0 Å². The highest BCUT2D eigenvalue weighted by molar-refractivity contribution is 7.92. The summed E-state index contributed by atoms with van der Waals surface area (Å²) in [7, 11) is -3.44. The van der Waals surface area contributed by atoms with Gasteiger partial charge in [-0.1, -0.05) is 24.6 Å². The van der Waals surface area contributed by atoms with E-state index in [1.54, 1.807) is 18.2 Å². The zero-order valence-corrected chi connectivity index (χ0v) is 14.1. The van der Waals surface area contributed by atoms with Crippen LogP contribution in [0, 0.1) is 6.92 Å². The van der Waals surface area contributed by atoms with Gasteiger partial charge in [0.25, 0.3) is 0 Å². The molecule has 1 amide bonds. The fourth-order valence-electron chi connectivity index (χ4n) is 1.93. The molecule has 0 saturated heterocycles. The number of nitrogens with zero attached hydrogens (tertiary/aromatic N) is 1. The highest BCUT2D eigenvalue weighted by Crippen LogP contribution is 2.25. The largest absolute Gasteiger partial charge is 0.354 e. The average molecular weight is 333 g/mol. The summed E-state index contributed by atoms with van der Waals surface area (Å²) in [4.78, 5) is 11.4. The van der Waals surface area contributed by atoms with Crippen LogP contribution in [0.2, 0.25) is 5.02 Å². The number of halogens is 1. The second-order valence-electron chi connectivity index (χ2n) is 4.87. The molecule has 0 atom stereocenters. The normalized spacial score (nSPS) is 11.2. The number of benzene rings is 1. The zero-order valence-electron chi connectivity index (χ0n) is 12.5. The quantitative estimate of drug-likeness (QED) is 0.833. The highest BCUT2D eigenvalue weighted by Gasteiger charge is 2.19. The van der Waals surface area contributed by atoms with Gasteiger partial charge in [0.1, 0.15) is 0 Å². The fourth-order valence-corrected chi connectivity index (χ4v) is 3.07. The molecule has 1 aromatic carbocycles. The van der Waals surface area contributed by atoms with Crippen molar-refractivity contribution in [3.05, 3.63) is 28.8 Å². The van der Waals surface area contributed by atoms with E-state index in [4.69, 9.17) is 11.6 Å². The predicted octanol–water partition coefficient (Wildman–Crippen LogP) is 2.33. The van der Waals surface area contributed by atoms with Crippen LogP contribution < -0.4 is 9.62 Å². The number of amides is 1. The molecule has 0 aliphatic carbocycles. The van der Waals surface area contributed by atoms with Crippen LogP contribution in [0.5, 0.6) is 0 Å². The molecule has 0 bridgehead atoms. The summed E-state index contributed by atoms with van der Waals surface area (Å²) in [6, 6.07) is 5.10. The van der Waals surface area contributed by atoms with Gasteiger partial charge in [-0.25, -0.2) is 8.42 Å². The molecule has 118 valence electrons. The van der Waals surface area contributed by atoms with Crippen molar-refractivity contribution in [2.45, 2.75) is 26.7 Å². The van der Waals surface area contributed by atoms with Gasteiger partial charge in [-0.3, -0.25) is 9.10 Å².